The summed E-state index contributed by atoms with van der Waals surface area (Å²) in [5.41, 5.74) is 8.81. The molecule has 7 nitrogen and oxygen atoms in total. The highest BCUT2D eigenvalue weighted by Crippen LogP contribution is 2.28. The number of nitrogen functional groups attached to an aromatic ring is 1. The fourth-order valence-electron chi connectivity index (χ4n) is 2.62. The Balaban J connectivity index is 1.73. The summed E-state index contributed by atoms with van der Waals surface area (Å²) in [5, 5.41) is 7.97. The third-order valence-electron chi connectivity index (χ3n) is 3.73. The van der Waals surface area contributed by atoms with Gasteiger partial charge in [0, 0.05) is 31.6 Å². The van der Waals surface area contributed by atoms with Crippen LogP contribution in [0, 0.1) is 0 Å². The van der Waals surface area contributed by atoms with Gasteiger partial charge in [-0.25, -0.2) is 4.79 Å². The molecule has 2 heterocycles. The quantitative estimate of drug-likeness (QED) is 0.816. The van der Waals surface area contributed by atoms with Crippen molar-refractivity contribution in [1.82, 2.24) is 15.1 Å². The van der Waals surface area contributed by atoms with Crippen LogP contribution in [-0.4, -0.2) is 54.0 Å². The van der Waals surface area contributed by atoms with Gasteiger partial charge in [0.2, 0.25) is 0 Å². The highest BCUT2D eigenvalue weighted by atomic mass is 16.6. The van der Waals surface area contributed by atoms with Crippen molar-refractivity contribution >= 4 is 28.4 Å². The van der Waals surface area contributed by atoms with Crippen molar-refractivity contribution in [2.24, 2.45) is 0 Å². The lowest BCUT2D eigenvalue weighted by molar-refractivity contribution is 0.105. The number of amides is 1. The smallest absolute Gasteiger partial charge is 0.409 e. The molecule has 0 unspecified atom stereocenters. The molecule has 0 bridgehead atoms. The van der Waals surface area contributed by atoms with Crippen LogP contribution < -0.4 is 10.6 Å². The van der Waals surface area contributed by atoms with Crippen molar-refractivity contribution in [1.29, 1.82) is 0 Å². The molecule has 7 heteroatoms. The molecule has 21 heavy (non-hydrogen) atoms. The SMILES string of the molecule is CCOC(=O)N1CCN(c2cc3[nH]ncc3cc2N)CC1. The average Bonchev–Trinajstić information content (AvgIpc) is 2.94. The van der Waals surface area contributed by atoms with Crippen molar-refractivity contribution in [2.75, 3.05) is 43.4 Å². The number of ether oxygens (including phenoxy) is 1. The van der Waals surface area contributed by atoms with Crippen molar-refractivity contribution in [2.45, 2.75) is 6.92 Å². The van der Waals surface area contributed by atoms with Crippen molar-refractivity contribution < 1.29 is 9.53 Å². The Morgan fingerprint density at radius 3 is 2.86 bits per heavy atom. The zero-order valence-electron chi connectivity index (χ0n) is 12.0. The largest absolute Gasteiger partial charge is 0.450 e. The van der Waals surface area contributed by atoms with E-state index in [1.54, 1.807) is 11.1 Å². The number of carbonyl (C=O) groups excluding carboxylic acids is 1. The predicted octanol–water partition coefficient (Wildman–Crippen LogP) is 1.42. The molecule has 3 N–H and O–H groups in total. The molecule has 0 saturated carbocycles. The van der Waals surface area contributed by atoms with Gasteiger partial charge in [0.15, 0.2) is 0 Å². The Morgan fingerprint density at radius 1 is 1.38 bits per heavy atom. The van der Waals surface area contributed by atoms with Crippen LogP contribution >= 0.6 is 0 Å². The van der Waals surface area contributed by atoms with Gasteiger partial charge in [-0.3, -0.25) is 5.10 Å². The molecular formula is C14H19N5O2. The Labute approximate surface area is 122 Å². The summed E-state index contributed by atoms with van der Waals surface area (Å²) in [6, 6.07) is 3.93. The van der Waals surface area contributed by atoms with Gasteiger partial charge in [0.05, 0.1) is 29.7 Å². The number of nitrogens with one attached hydrogen (secondary N) is 1. The lowest BCUT2D eigenvalue weighted by Crippen LogP contribution is -2.49. The third-order valence-corrected chi connectivity index (χ3v) is 3.73. The molecule has 0 atom stereocenters. The summed E-state index contributed by atoms with van der Waals surface area (Å²) in [7, 11) is 0. The summed E-state index contributed by atoms with van der Waals surface area (Å²) < 4.78 is 5.02. The zero-order chi connectivity index (χ0) is 14.8. The number of rotatable bonds is 2. The summed E-state index contributed by atoms with van der Waals surface area (Å²) in [6.07, 6.45) is 1.52. The summed E-state index contributed by atoms with van der Waals surface area (Å²) in [6.45, 7) is 4.97. The van der Waals surface area contributed by atoms with Gasteiger partial charge in [-0.2, -0.15) is 5.10 Å². The van der Waals surface area contributed by atoms with E-state index in [0.717, 1.165) is 35.4 Å². The molecule has 2 aromatic rings. The minimum atomic E-state index is -0.242. The molecule has 1 aliphatic rings. The summed E-state index contributed by atoms with van der Waals surface area (Å²) in [4.78, 5) is 15.6. The fourth-order valence-corrected chi connectivity index (χ4v) is 2.62. The van der Waals surface area contributed by atoms with Gasteiger partial charge in [0.1, 0.15) is 0 Å². The minimum absolute atomic E-state index is 0.242. The number of benzene rings is 1. The molecular weight excluding hydrogens is 270 g/mol. The number of hydrogen-bond acceptors (Lipinski definition) is 5. The summed E-state index contributed by atoms with van der Waals surface area (Å²) in [5.74, 6) is 0. The lowest BCUT2D eigenvalue weighted by atomic mass is 10.1. The van der Waals surface area contributed by atoms with Gasteiger partial charge in [0.25, 0.3) is 0 Å². The van der Waals surface area contributed by atoms with E-state index in [2.05, 4.69) is 15.1 Å². The molecule has 0 aliphatic carbocycles. The van der Waals surface area contributed by atoms with Gasteiger partial charge < -0.3 is 20.3 Å². The van der Waals surface area contributed by atoms with Gasteiger partial charge in [-0.15, -0.1) is 0 Å². The first-order chi connectivity index (χ1) is 10.2. The number of piperazine rings is 1. The van der Waals surface area contributed by atoms with Crippen LogP contribution in [0.5, 0.6) is 0 Å². The maximum Gasteiger partial charge on any atom is 0.409 e. The molecule has 1 saturated heterocycles. The van der Waals surface area contributed by atoms with Crippen LogP contribution in [0.2, 0.25) is 0 Å². The third kappa shape index (κ3) is 2.58. The second kappa shape index (κ2) is 5.51. The molecule has 3 rings (SSSR count). The first-order valence-corrected chi connectivity index (χ1v) is 7.08. The normalized spacial score (nSPS) is 15.5. The molecule has 1 aromatic heterocycles. The molecule has 1 amide bonds. The van der Waals surface area contributed by atoms with Crippen LogP contribution in [-0.2, 0) is 4.74 Å². The van der Waals surface area contributed by atoms with Gasteiger partial charge in [-0.1, -0.05) is 0 Å². The number of hydrogen-bond donors (Lipinski definition) is 2. The number of H-pyrrole nitrogens is 1. The minimum Gasteiger partial charge on any atom is -0.450 e. The summed E-state index contributed by atoms with van der Waals surface area (Å²) >= 11 is 0. The predicted molar refractivity (Wildman–Crippen MR) is 81.3 cm³/mol. The van der Waals surface area contributed by atoms with Crippen molar-refractivity contribution in [3.8, 4) is 0 Å². The van der Waals surface area contributed by atoms with E-state index in [1.807, 2.05) is 19.1 Å². The molecule has 0 spiro atoms. The molecule has 1 aliphatic heterocycles. The van der Waals surface area contributed by atoms with Crippen molar-refractivity contribution in [3.63, 3.8) is 0 Å². The van der Waals surface area contributed by atoms with Gasteiger partial charge in [-0.05, 0) is 19.1 Å². The van der Waals surface area contributed by atoms with E-state index in [4.69, 9.17) is 10.5 Å². The first kappa shape index (κ1) is 13.5. The number of aromatic nitrogens is 2. The highest BCUT2D eigenvalue weighted by Gasteiger charge is 2.23. The standard InChI is InChI=1S/C14H19N5O2/c1-2-21-14(20)19-5-3-18(4-6-19)13-8-12-10(7-11(13)15)9-16-17-12/h7-9H,2-6,15H2,1H3,(H,16,17). The van der Waals surface area contributed by atoms with E-state index >= 15 is 0 Å². The number of aromatic amines is 1. The number of anilines is 2. The Hall–Kier alpha value is -2.44. The maximum absolute atomic E-state index is 11.7. The van der Waals surface area contributed by atoms with Crippen LogP contribution in [0.1, 0.15) is 6.92 Å². The highest BCUT2D eigenvalue weighted by molar-refractivity contribution is 5.89. The lowest BCUT2D eigenvalue weighted by Gasteiger charge is -2.36. The van der Waals surface area contributed by atoms with Crippen molar-refractivity contribution in [3.05, 3.63) is 18.3 Å². The number of carbonyl (C=O) groups is 1. The maximum atomic E-state index is 11.7. The Kier molecular flexibility index (Phi) is 3.55. The molecule has 1 aromatic carbocycles. The number of fused-ring (bicyclic) bond motifs is 1. The monoisotopic (exact) mass is 289 g/mol. The topological polar surface area (TPSA) is 87.5 Å². The molecule has 112 valence electrons. The van der Waals surface area contributed by atoms with E-state index < -0.39 is 0 Å². The molecule has 1 fully saturated rings. The molecule has 0 radical (unpaired) electrons. The number of nitrogens with two attached hydrogens (primary N) is 1. The fraction of sp³-hybridized carbons (Fsp3) is 0.429. The zero-order valence-corrected chi connectivity index (χ0v) is 12.0. The van der Waals surface area contributed by atoms with Crippen LogP contribution in [0.25, 0.3) is 10.9 Å². The van der Waals surface area contributed by atoms with Gasteiger partial charge >= 0.3 is 6.09 Å². The Morgan fingerprint density at radius 2 is 2.14 bits per heavy atom. The van der Waals surface area contributed by atoms with E-state index in [0.29, 0.717) is 19.7 Å². The average molecular weight is 289 g/mol. The van der Waals surface area contributed by atoms with E-state index in [9.17, 15) is 4.79 Å². The number of nitrogens with zero attached hydrogens (tertiary/aromatic N) is 3. The van der Waals surface area contributed by atoms with Crippen LogP contribution in [0.15, 0.2) is 18.3 Å². The van der Waals surface area contributed by atoms with E-state index in [-0.39, 0.29) is 6.09 Å². The van der Waals surface area contributed by atoms with Crippen LogP contribution in [0.3, 0.4) is 0 Å². The second-order valence-electron chi connectivity index (χ2n) is 5.04. The van der Waals surface area contributed by atoms with E-state index in [1.165, 1.54) is 0 Å². The Bertz CT molecular complexity index is 646. The first-order valence-electron chi connectivity index (χ1n) is 7.08. The van der Waals surface area contributed by atoms with Crippen LogP contribution in [0.4, 0.5) is 16.2 Å². The second-order valence-corrected chi connectivity index (χ2v) is 5.04.